The van der Waals surface area contributed by atoms with Gasteiger partial charge in [-0.3, -0.25) is 4.90 Å². The number of ether oxygens (including phenoxy) is 2. The molecule has 6 heteroatoms. The Morgan fingerprint density at radius 2 is 1.85 bits per heavy atom. The van der Waals surface area contributed by atoms with Crippen LogP contribution < -0.4 is 9.47 Å². The first-order chi connectivity index (χ1) is 13.0. The summed E-state index contributed by atoms with van der Waals surface area (Å²) in [5, 5.41) is 0. The third-order valence-electron chi connectivity index (χ3n) is 5.22. The fourth-order valence-corrected chi connectivity index (χ4v) is 3.90. The third kappa shape index (κ3) is 4.21. The van der Waals surface area contributed by atoms with Crippen LogP contribution in [0.5, 0.6) is 11.5 Å². The SMILES string of the molecule is FC(F)(F)c1cccc([C@H]2CCCN(C[C@H]3COc4ccccc4O3)C2)c1. The minimum Gasteiger partial charge on any atom is -0.486 e. The van der Waals surface area contributed by atoms with E-state index in [2.05, 4.69) is 4.90 Å². The molecule has 2 aromatic rings. The van der Waals surface area contributed by atoms with Gasteiger partial charge < -0.3 is 9.47 Å². The summed E-state index contributed by atoms with van der Waals surface area (Å²) in [7, 11) is 0. The van der Waals surface area contributed by atoms with Gasteiger partial charge in [0.2, 0.25) is 0 Å². The van der Waals surface area contributed by atoms with Gasteiger partial charge in [0.05, 0.1) is 5.56 Å². The van der Waals surface area contributed by atoms with E-state index in [1.54, 1.807) is 6.07 Å². The molecule has 0 N–H and O–H groups in total. The molecule has 2 aliphatic rings. The lowest BCUT2D eigenvalue weighted by atomic mass is 9.89. The van der Waals surface area contributed by atoms with Gasteiger partial charge in [-0.15, -0.1) is 0 Å². The average Bonchev–Trinajstić information content (AvgIpc) is 2.68. The van der Waals surface area contributed by atoms with Gasteiger partial charge in [-0.25, -0.2) is 0 Å². The van der Waals surface area contributed by atoms with Crippen molar-refractivity contribution < 1.29 is 22.6 Å². The van der Waals surface area contributed by atoms with Crippen LogP contribution in [0.15, 0.2) is 48.5 Å². The van der Waals surface area contributed by atoms with E-state index in [1.807, 2.05) is 24.3 Å². The Bertz CT molecular complexity index is 793. The van der Waals surface area contributed by atoms with Crippen molar-refractivity contribution in [2.75, 3.05) is 26.2 Å². The Labute approximate surface area is 156 Å². The molecule has 144 valence electrons. The lowest BCUT2D eigenvalue weighted by molar-refractivity contribution is -0.137. The smallest absolute Gasteiger partial charge is 0.416 e. The second-order valence-corrected chi connectivity index (χ2v) is 7.22. The zero-order valence-corrected chi connectivity index (χ0v) is 14.9. The largest absolute Gasteiger partial charge is 0.486 e. The summed E-state index contributed by atoms with van der Waals surface area (Å²) in [5.74, 6) is 1.62. The van der Waals surface area contributed by atoms with E-state index in [-0.39, 0.29) is 12.0 Å². The molecular weight excluding hydrogens is 355 g/mol. The number of halogens is 3. The number of nitrogens with zero attached hydrogens (tertiary/aromatic N) is 1. The van der Waals surface area contributed by atoms with E-state index < -0.39 is 11.7 Å². The Balaban J connectivity index is 1.40. The summed E-state index contributed by atoms with van der Waals surface area (Å²) in [6, 6.07) is 13.3. The van der Waals surface area contributed by atoms with Gasteiger partial charge in [0.1, 0.15) is 12.7 Å². The van der Waals surface area contributed by atoms with E-state index in [9.17, 15) is 13.2 Å². The Morgan fingerprint density at radius 1 is 1.04 bits per heavy atom. The van der Waals surface area contributed by atoms with Gasteiger partial charge in [0, 0.05) is 13.1 Å². The third-order valence-corrected chi connectivity index (χ3v) is 5.22. The van der Waals surface area contributed by atoms with Crippen LogP contribution in [-0.4, -0.2) is 37.2 Å². The maximum absolute atomic E-state index is 13.0. The van der Waals surface area contributed by atoms with Crippen molar-refractivity contribution in [1.82, 2.24) is 4.90 Å². The highest BCUT2D eigenvalue weighted by molar-refractivity contribution is 5.40. The fourth-order valence-electron chi connectivity index (χ4n) is 3.90. The second kappa shape index (κ2) is 7.43. The van der Waals surface area contributed by atoms with Gasteiger partial charge in [-0.1, -0.05) is 30.3 Å². The van der Waals surface area contributed by atoms with Crippen LogP contribution in [0.3, 0.4) is 0 Å². The van der Waals surface area contributed by atoms with Crippen LogP contribution in [0.1, 0.15) is 29.9 Å². The zero-order chi connectivity index (χ0) is 18.9. The maximum atomic E-state index is 13.0. The summed E-state index contributed by atoms with van der Waals surface area (Å²) < 4.78 is 50.8. The predicted molar refractivity (Wildman–Crippen MR) is 96.2 cm³/mol. The molecule has 2 aliphatic heterocycles. The molecule has 1 saturated heterocycles. The van der Waals surface area contributed by atoms with E-state index >= 15 is 0 Å². The van der Waals surface area contributed by atoms with Crippen molar-refractivity contribution in [3.8, 4) is 11.5 Å². The first-order valence-corrected chi connectivity index (χ1v) is 9.27. The quantitative estimate of drug-likeness (QED) is 0.772. The number of piperidine rings is 1. The van der Waals surface area contributed by atoms with Crippen molar-refractivity contribution in [3.63, 3.8) is 0 Å². The Kier molecular flexibility index (Phi) is 5.00. The lowest BCUT2D eigenvalue weighted by Gasteiger charge is -2.36. The molecule has 0 amide bonds. The van der Waals surface area contributed by atoms with Crippen molar-refractivity contribution in [2.24, 2.45) is 0 Å². The van der Waals surface area contributed by atoms with Crippen LogP contribution in [0.2, 0.25) is 0 Å². The number of para-hydroxylation sites is 2. The van der Waals surface area contributed by atoms with Crippen LogP contribution in [0.25, 0.3) is 0 Å². The van der Waals surface area contributed by atoms with Crippen molar-refractivity contribution in [1.29, 1.82) is 0 Å². The van der Waals surface area contributed by atoms with Crippen LogP contribution in [0, 0.1) is 0 Å². The molecule has 2 heterocycles. The van der Waals surface area contributed by atoms with Gasteiger partial charge in [-0.05, 0) is 49.1 Å². The molecule has 2 aromatic carbocycles. The first-order valence-electron chi connectivity index (χ1n) is 9.27. The molecule has 0 spiro atoms. The fraction of sp³-hybridized carbons (Fsp3) is 0.429. The molecule has 0 aromatic heterocycles. The minimum atomic E-state index is -4.30. The number of rotatable bonds is 3. The molecule has 0 aliphatic carbocycles. The summed E-state index contributed by atoms with van der Waals surface area (Å²) >= 11 is 0. The summed E-state index contributed by atoms with van der Waals surface area (Å²) in [5.41, 5.74) is 0.193. The average molecular weight is 377 g/mol. The predicted octanol–water partition coefficient (Wildman–Crippen LogP) is 4.72. The molecule has 0 unspecified atom stereocenters. The van der Waals surface area contributed by atoms with E-state index in [4.69, 9.17) is 9.47 Å². The van der Waals surface area contributed by atoms with E-state index in [1.165, 1.54) is 12.1 Å². The highest BCUT2D eigenvalue weighted by Crippen LogP contribution is 2.34. The lowest BCUT2D eigenvalue weighted by Crippen LogP contribution is -2.44. The van der Waals surface area contributed by atoms with Crippen molar-refractivity contribution in [3.05, 3.63) is 59.7 Å². The maximum Gasteiger partial charge on any atom is 0.416 e. The van der Waals surface area contributed by atoms with Crippen molar-refractivity contribution in [2.45, 2.75) is 31.0 Å². The molecule has 0 bridgehead atoms. The monoisotopic (exact) mass is 377 g/mol. The summed E-state index contributed by atoms with van der Waals surface area (Å²) in [6.45, 7) is 2.87. The molecule has 0 radical (unpaired) electrons. The van der Waals surface area contributed by atoms with Crippen LogP contribution in [0.4, 0.5) is 13.2 Å². The number of benzene rings is 2. The van der Waals surface area contributed by atoms with Crippen molar-refractivity contribution >= 4 is 0 Å². The Hall–Kier alpha value is -2.21. The number of likely N-dealkylation sites (tertiary alicyclic amines) is 1. The minimum absolute atomic E-state index is 0.0693. The standard InChI is InChI=1S/C21H22F3NO2/c22-21(23,24)17-7-3-5-15(11-17)16-6-4-10-25(12-16)13-18-14-26-19-8-1-2-9-20(19)27-18/h1-3,5,7-9,11,16,18H,4,6,10,12-14H2/t16-,18-/m0/s1. The number of alkyl halides is 3. The second-order valence-electron chi connectivity index (χ2n) is 7.22. The van der Waals surface area contributed by atoms with Crippen LogP contribution in [-0.2, 0) is 6.18 Å². The van der Waals surface area contributed by atoms with E-state index in [0.717, 1.165) is 49.1 Å². The molecule has 4 rings (SSSR count). The number of hydrogen-bond donors (Lipinski definition) is 0. The number of fused-ring (bicyclic) bond motifs is 1. The molecular formula is C21H22F3NO2. The topological polar surface area (TPSA) is 21.7 Å². The van der Waals surface area contributed by atoms with Crippen LogP contribution >= 0.6 is 0 Å². The Morgan fingerprint density at radius 3 is 2.67 bits per heavy atom. The zero-order valence-electron chi connectivity index (χ0n) is 14.9. The highest BCUT2D eigenvalue weighted by Gasteiger charge is 2.32. The molecule has 0 saturated carbocycles. The van der Waals surface area contributed by atoms with Gasteiger partial charge in [0.25, 0.3) is 0 Å². The molecule has 1 fully saturated rings. The normalized spacial score (nSPS) is 23.2. The van der Waals surface area contributed by atoms with Gasteiger partial charge in [-0.2, -0.15) is 13.2 Å². The summed E-state index contributed by atoms with van der Waals surface area (Å²) in [6.07, 6.45) is -2.50. The molecule has 3 nitrogen and oxygen atoms in total. The van der Waals surface area contributed by atoms with Gasteiger partial charge >= 0.3 is 6.18 Å². The molecule has 27 heavy (non-hydrogen) atoms. The highest BCUT2D eigenvalue weighted by atomic mass is 19.4. The van der Waals surface area contributed by atoms with Gasteiger partial charge in [0.15, 0.2) is 11.5 Å². The van der Waals surface area contributed by atoms with E-state index in [0.29, 0.717) is 13.2 Å². The summed E-state index contributed by atoms with van der Waals surface area (Å²) in [4.78, 5) is 2.27. The number of hydrogen-bond acceptors (Lipinski definition) is 3. The molecule has 2 atom stereocenters. The first kappa shape index (κ1) is 18.2.